The molecule has 0 spiro atoms. The van der Waals surface area contributed by atoms with Crippen molar-refractivity contribution in [3.8, 4) is 0 Å². The highest BCUT2D eigenvalue weighted by Crippen LogP contribution is 2.29. The summed E-state index contributed by atoms with van der Waals surface area (Å²) >= 11 is 0. The lowest BCUT2D eigenvalue weighted by molar-refractivity contribution is -0.133. The Labute approximate surface area is 147 Å². The van der Waals surface area contributed by atoms with Crippen LogP contribution >= 0.6 is 0 Å². The lowest BCUT2D eigenvalue weighted by Crippen LogP contribution is -2.55. The molecule has 2 fully saturated rings. The van der Waals surface area contributed by atoms with E-state index in [9.17, 15) is 9.59 Å². The van der Waals surface area contributed by atoms with Crippen molar-refractivity contribution in [2.75, 3.05) is 0 Å². The van der Waals surface area contributed by atoms with Crippen LogP contribution in [0.3, 0.4) is 0 Å². The second-order valence-electron chi connectivity index (χ2n) is 8.45. The highest BCUT2D eigenvalue weighted by atomic mass is 16.2. The Kier molecular flexibility index (Phi) is 7.12. The summed E-state index contributed by atoms with van der Waals surface area (Å²) in [5, 5.41) is 6.29. The molecule has 2 saturated carbocycles. The molecule has 2 N–H and O–H groups in total. The molecule has 0 heterocycles. The van der Waals surface area contributed by atoms with Gasteiger partial charge < -0.3 is 10.6 Å². The lowest BCUT2D eigenvalue weighted by atomic mass is 9.78. The number of carbonyl (C=O) groups excluding carboxylic acids is 2. The average molecular weight is 337 g/mol. The van der Waals surface area contributed by atoms with Crippen molar-refractivity contribution in [2.45, 2.75) is 91.1 Å². The van der Waals surface area contributed by atoms with Crippen LogP contribution in [0.4, 0.5) is 0 Å². The van der Waals surface area contributed by atoms with Crippen molar-refractivity contribution in [1.82, 2.24) is 10.6 Å². The molecule has 0 aliphatic heterocycles. The molecule has 0 aromatic heterocycles. The molecular formula is C20H36N2O2. The van der Waals surface area contributed by atoms with Gasteiger partial charge in [-0.1, -0.05) is 59.8 Å². The maximum Gasteiger partial charge on any atom is 0.243 e. The molecule has 0 bridgehead atoms. The molecule has 4 atom stereocenters. The summed E-state index contributed by atoms with van der Waals surface area (Å²) < 4.78 is 0. The zero-order valence-electron chi connectivity index (χ0n) is 15.9. The predicted molar refractivity (Wildman–Crippen MR) is 97.5 cm³/mol. The molecular weight excluding hydrogens is 300 g/mol. The van der Waals surface area contributed by atoms with Gasteiger partial charge in [0, 0.05) is 12.0 Å². The lowest BCUT2D eigenvalue weighted by Gasteiger charge is -2.36. The van der Waals surface area contributed by atoms with E-state index < -0.39 is 6.04 Å². The van der Waals surface area contributed by atoms with Gasteiger partial charge in [0.25, 0.3) is 0 Å². The first-order valence-electron chi connectivity index (χ1n) is 10.0. The van der Waals surface area contributed by atoms with Crippen molar-refractivity contribution in [2.24, 2.45) is 23.7 Å². The monoisotopic (exact) mass is 336 g/mol. The van der Waals surface area contributed by atoms with Gasteiger partial charge in [0.15, 0.2) is 0 Å². The number of hydrogen-bond acceptors (Lipinski definition) is 2. The van der Waals surface area contributed by atoms with Crippen molar-refractivity contribution in [1.29, 1.82) is 0 Å². The highest BCUT2D eigenvalue weighted by Gasteiger charge is 2.33. The number of nitrogens with one attached hydrogen (secondary N) is 2. The fourth-order valence-electron chi connectivity index (χ4n) is 4.23. The quantitative estimate of drug-likeness (QED) is 0.805. The summed E-state index contributed by atoms with van der Waals surface area (Å²) in [6.45, 7) is 8.53. The molecule has 0 aromatic rings. The van der Waals surface area contributed by atoms with Gasteiger partial charge in [-0.2, -0.15) is 0 Å². The normalized spacial score (nSPS) is 30.0. The molecule has 24 heavy (non-hydrogen) atoms. The number of hydrogen-bond donors (Lipinski definition) is 2. The molecule has 4 nitrogen and oxygen atoms in total. The van der Waals surface area contributed by atoms with E-state index in [4.69, 9.17) is 0 Å². The second-order valence-corrected chi connectivity index (χ2v) is 8.45. The SMILES string of the molecule is CC(C)[C@H](NC(=O)C1CCCCC1)C(=O)N[C@@H]1CCC[C@@H](C)[C@@H]1C. The van der Waals surface area contributed by atoms with Crippen LogP contribution in [0.5, 0.6) is 0 Å². The number of rotatable bonds is 5. The Bertz CT molecular complexity index is 429. The minimum atomic E-state index is -0.413. The van der Waals surface area contributed by atoms with E-state index in [-0.39, 0.29) is 29.7 Å². The smallest absolute Gasteiger partial charge is 0.243 e. The predicted octanol–water partition coefficient (Wildman–Crippen LogP) is 3.65. The standard InChI is InChI=1S/C20H36N2O2/c1-13(2)18(22-19(23)16-10-6-5-7-11-16)20(24)21-17-12-8-9-14(3)15(17)4/h13-18H,5-12H2,1-4H3,(H,21,24)(H,22,23)/t14-,15+,17-,18+/m1/s1. The Morgan fingerprint density at radius 1 is 0.917 bits per heavy atom. The van der Waals surface area contributed by atoms with Gasteiger partial charge in [-0.3, -0.25) is 9.59 Å². The molecule has 2 aliphatic rings. The maximum atomic E-state index is 12.8. The summed E-state index contributed by atoms with van der Waals surface area (Å²) in [7, 11) is 0. The van der Waals surface area contributed by atoms with Crippen molar-refractivity contribution >= 4 is 11.8 Å². The molecule has 138 valence electrons. The van der Waals surface area contributed by atoms with Gasteiger partial charge in [0.05, 0.1) is 0 Å². The molecule has 0 radical (unpaired) electrons. The van der Waals surface area contributed by atoms with E-state index >= 15 is 0 Å². The third-order valence-corrected chi connectivity index (χ3v) is 6.26. The second kappa shape index (κ2) is 8.87. The fraction of sp³-hybridized carbons (Fsp3) is 0.900. The van der Waals surface area contributed by atoms with Gasteiger partial charge in [0.2, 0.25) is 11.8 Å². The molecule has 0 aromatic carbocycles. The zero-order valence-corrected chi connectivity index (χ0v) is 15.9. The molecule has 0 saturated heterocycles. The number of amides is 2. The van der Waals surface area contributed by atoms with Gasteiger partial charge in [-0.05, 0) is 37.0 Å². The van der Waals surface area contributed by atoms with E-state index in [2.05, 4.69) is 24.5 Å². The van der Waals surface area contributed by atoms with E-state index in [0.717, 1.165) is 32.1 Å². The van der Waals surface area contributed by atoms with Crippen LogP contribution in [-0.2, 0) is 9.59 Å². The van der Waals surface area contributed by atoms with Crippen molar-refractivity contribution in [3.63, 3.8) is 0 Å². The van der Waals surface area contributed by atoms with Crippen LogP contribution < -0.4 is 10.6 Å². The van der Waals surface area contributed by atoms with E-state index in [1.807, 2.05) is 13.8 Å². The molecule has 2 aliphatic carbocycles. The third kappa shape index (κ3) is 4.97. The Balaban J connectivity index is 1.93. The van der Waals surface area contributed by atoms with Crippen molar-refractivity contribution < 1.29 is 9.59 Å². The minimum Gasteiger partial charge on any atom is -0.351 e. The first-order valence-corrected chi connectivity index (χ1v) is 10.0. The molecule has 4 heteroatoms. The zero-order chi connectivity index (χ0) is 17.7. The highest BCUT2D eigenvalue weighted by molar-refractivity contribution is 5.88. The maximum absolute atomic E-state index is 12.8. The summed E-state index contributed by atoms with van der Waals surface area (Å²) in [5.74, 6) is 1.44. The molecule has 2 amide bonds. The van der Waals surface area contributed by atoms with Gasteiger partial charge in [-0.15, -0.1) is 0 Å². The Morgan fingerprint density at radius 3 is 2.21 bits per heavy atom. The fourth-order valence-corrected chi connectivity index (χ4v) is 4.23. The summed E-state index contributed by atoms with van der Waals surface area (Å²) in [5.41, 5.74) is 0. The van der Waals surface area contributed by atoms with Gasteiger partial charge in [0.1, 0.15) is 6.04 Å². The third-order valence-electron chi connectivity index (χ3n) is 6.26. The van der Waals surface area contributed by atoms with Crippen LogP contribution in [0.1, 0.15) is 79.1 Å². The van der Waals surface area contributed by atoms with Crippen LogP contribution in [0.25, 0.3) is 0 Å². The Hall–Kier alpha value is -1.06. The molecule has 0 unspecified atom stereocenters. The summed E-state index contributed by atoms with van der Waals surface area (Å²) in [4.78, 5) is 25.3. The van der Waals surface area contributed by atoms with E-state index in [0.29, 0.717) is 11.8 Å². The van der Waals surface area contributed by atoms with Gasteiger partial charge >= 0.3 is 0 Å². The van der Waals surface area contributed by atoms with Crippen molar-refractivity contribution in [3.05, 3.63) is 0 Å². The topological polar surface area (TPSA) is 58.2 Å². The van der Waals surface area contributed by atoms with E-state index in [1.165, 1.54) is 19.3 Å². The first kappa shape index (κ1) is 19.3. The van der Waals surface area contributed by atoms with Gasteiger partial charge in [-0.25, -0.2) is 0 Å². The largest absolute Gasteiger partial charge is 0.351 e. The minimum absolute atomic E-state index is 0.000101. The number of carbonyl (C=O) groups is 2. The van der Waals surface area contributed by atoms with Crippen LogP contribution in [0.15, 0.2) is 0 Å². The van der Waals surface area contributed by atoms with Crippen LogP contribution in [0, 0.1) is 23.7 Å². The Morgan fingerprint density at radius 2 is 1.58 bits per heavy atom. The first-order chi connectivity index (χ1) is 11.4. The van der Waals surface area contributed by atoms with Crippen LogP contribution in [0.2, 0.25) is 0 Å². The average Bonchev–Trinajstić information content (AvgIpc) is 2.57. The van der Waals surface area contributed by atoms with Crippen LogP contribution in [-0.4, -0.2) is 23.9 Å². The summed E-state index contributed by atoms with van der Waals surface area (Å²) in [6.07, 6.45) is 8.91. The summed E-state index contributed by atoms with van der Waals surface area (Å²) in [6, 6.07) is -0.169. The van der Waals surface area contributed by atoms with E-state index in [1.54, 1.807) is 0 Å². The molecule has 2 rings (SSSR count).